The summed E-state index contributed by atoms with van der Waals surface area (Å²) in [6.45, 7) is 6.99. The lowest BCUT2D eigenvalue weighted by molar-refractivity contribution is -0.333. The number of ether oxygens (including phenoxy) is 2. The summed E-state index contributed by atoms with van der Waals surface area (Å²) in [7, 11) is 1.30. The Bertz CT molecular complexity index is 225. The lowest BCUT2D eigenvalue weighted by Crippen LogP contribution is -2.37. The van der Waals surface area contributed by atoms with Gasteiger partial charge >= 0.3 is 11.9 Å². The van der Waals surface area contributed by atoms with Crippen molar-refractivity contribution < 1.29 is 19.4 Å². The molecule has 0 spiro atoms. The topological polar surface area (TPSA) is 55.8 Å². The lowest BCUT2D eigenvalue weighted by atomic mass is 10.2. The second kappa shape index (κ2) is 6.58. The van der Waals surface area contributed by atoms with E-state index in [0.717, 1.165) is 19.3 Å². The highest BCUT2D eigenvalue weighted by molar-refractivity contribution is 5.87. The van der Waals surface area contributed by atoms with Crippen LogP contribution in [0.1, 0.15) is 39.5 Å². The van der Waals surface area contributed by atoms with Crippen molar-refractivity contribution in [2.24, 2.45) is 0 Å². The summed E-state index contributed by atoms with van der Waals surface area (Å²) >= 11 is 0. The van der Waals surface area contributed by atoms with Crippen molar-refractivity contribution in [2.75, 3.05) is 7.11 Å². The van der Waals surface area contributed by atoms with Gasteiger partial charge in [-0.2, -0.15) is 0 Å². The van der Waals surface area contributed by atoms with E-state index in [-0.39, 0.29) is 12.0 Å². The number of unbranched alkanes of at least 4 members (excludes halogenated alkanes) is 2. The molecule has 1 unspecified atom stereocenters. The first-order valence-electron chi connectivity index (χ1n) is 5.11. The van der Waals surface area contributed by atoms with Crippen LogP contribution in [0.25, 0.3) is 0 Å². The highest BCUT2D eigenvalue weighted by Gasteiger charge is 2.30. The molecule has 0 heterocycles. The number of rotatable bonds is 7. The Morgan fingerprint density at radius 1 is 1.47 bits per heavy atom. The van der Waals surface area contributed by atoms with Crippen LogP contribution < -0.4 is 0 Å². The average Bonchev–Trinajstić information content (AvgIpc) is 2.18. The second-order valence-corrected chi connectivity index (χ2v) is 3.54. The van der Waals surface area contributed by atoms with E-state index in [4.69, 9.17) is 9.47 Å². The van der Waals surface area contributed by atoms with E-state index in [2.05, 4.69) is 6.58 Å². The van der Waals surface area contributed by atoms with Crippen LogP contribution in [-0.4, -0.2) is 24.2 Å². The third kappa shape index (κ3) is 5.54. The minimum Gasteiger partial charge on any atom is -0.405 e. The molecule has 15 heavy (non-hydrogen) atoms. The van der Waals surface area contributed by atoms with E-state index < -0.39 is 11.9 Å². The van der Waals surface area contributed by atoms with Crippen LogP contribution in [-0.2, 0) is 14.3 Å². The van der Waals surface area contributed by atoms with Gasteiger partial charge in [0, 0.05) is 19.1 Å². The van der Waals surface area contributed by atoms with E-state index >= 15 is 0 Å². The highest BCUT2D eigenvalue weighted by atomic mass is 16.8. The van der Waals surface area contributed by atoms with Crippen LogP contribution in [0, 0.1) is 0 Å². The molecule has 0 saturated carbocycles. The largest absolute Gasteiger partial charge is 0.405 e. The molecule has 0 aromatic heterocycles. The molecule has 0 aromatic rings. The molecule has 0 aliphatic heterocycles. The Balaban J connectivity index is 4.17. The smallest absolute Gasteiger partial charge is 0.337 e. The van der Waals surface area contributed by atoms with Gasteiger partial charge in [-0.1, -0.05) is 26.3 Å². The van der Waals surface area contributed by atoms with Gasteiger partial charge in [0.25, 0.3) is 0 Å². The Kier molecular flexibility index (Phi) is 6.20. The van der Waals surface area contributed by atoms with Gasteiger partial charge in [0.1, 0.15) is 0 Å². The van der Waals surface area contributed by atoms with Crippen molar-refractivity contribution in [3.8, 4) is 0 Å². The normalized spacial score (nSPS) is 14.4. The summed E-state index contributed by atoms with van der Waals surface area (Å²) in [6, 6.07) is 0. The molecule has 0 aromatic carbocycles. The van der Waals surface area contributed by atoms with Gasteiger partial charge in [0.05, 0.1) is 0 Å². The minimum atomic E-state index is -1.81. The predicted octanol–water partition coefficient (Wildman–Crippen LogP) is 1.98. The van der Waals surface area contributed by atoms with Crippen LogP contribution in [0.5, 0.6) is 0 Å². The minimum absolute atomic E-state index is 0.237. The zero-order valence-corrected chi connectivity index (χ0v) is 9.71. The summed E-state index contributed by atoms with van der Waals surface area (Å²) in [5.41, 5.74) is 0.237. The van der Waals surface area contributed by atoms with E-state index in [1.54, 1.807) is 0 Å². The lowest BCUT2D eigenvalue weighted by Gasteiger charge is -2.25. The Hall–Kier alpha value is -0.870. The first-order chi connectivity index (χ1) is 6.95. The molecule has 4 heteroatoms. The fourth-order valence-electron chi connectivity index (χ4n) is 1.03. The standard InChI is InChI=1S/C11H20O4/c1-5-6-7-8-11(13,14-4)15-10(12)9(2)3/h13H,2,5-8H2,1,3-4H3. The highest BCUT2D eigenvalue weighted by Crippen LogP contribution is 2.18. The van der Waals surface area contributed by atoms with Crippen LogP contribution in [0.2, 0.25) is 0 Å². The van der Waals surface area contributed by atoms with Crippen LogP contribution in [0.3, 0.4) is 0 Å². The van der Waals surface area contributed by atoms with E-state index in [1.807, 2.05) is 6.92 Å². The van der Waals surface area contributed by atoms with Crippen molar-refractivity contribution in [1.29, 1.82) is 0 Å². The van der Waals surface area contributed by atoms with Gasteiger partial charge in [-0.25, -0.2) is 4.79 Å². The molecule has 0 bridgehead atoms. The monoisotopic (exact) mass is 216 g/mol. The molecular weight excluding hydrogens is 196 g/mol. The van der Waals surface area contributed by atoms with E-state index in [1.165, 1.54) is 14.0 Å². The maximum Gasteiger partial charge on any atom is 0.337 e. The van der Waals surface area contributed by atoms with Gasteiger partial charge < -0.3 is 14.6 Å². The number of methoxy groups -OCH3 is 1. The van der Waals surface area contributed by atoms with Gasteiger partial charge in [-0.3, -0.25) is 0 Å². The van der Waals surface area contributed by atoms with Gasteiger partial charge in [-0.15, -0.1) is 0 Å². The number of aliphatic hydroxyl groups is 1. The second-order valence-electron chi connectivity index (χ2n) is 3.54. The average molecular weight is 216 g/mol. The van der Waals surface area contributed by atoms with Crippen LogP contribution in [0.4, 0.5) is 0 Å². The molecule has 0 amide bonds. The first kappa shape index (κ1) is 14.1. The summed E-state index contributed by atoms with van der Waals surface area (Å²) in [4.78, 5) is 11.2. The Labute approximate surface area is 90.9 Å². The molecular formula is C11H20O4. The summed E-state index contributed by atoms with van der Waals surface area (Å²) < 4.78 is 9.57. The maximum absolute atomic E-state index is 11.2. The van der Waals surface area contributed by atoms with Crippen LogP contribution >= 0.6 is 0 Å². The molecule has 0 aliphatic rings. The van der Waals surface area contributed by atoms with E-state index in [0.29, 0.717) is 0 Å². The fraction of sp³-hybridized carbons (Fsp3) is 0.727. The third-order valence-electron chi connectivity index (χ3n) is 2.02. The number of carbonyl (C=O) groups excluding carboxylic acids is 1. The summed E-state index contributed by atoms with van der Waals surface area (Å²) in [6.07, 6.45) is 2.99. The summed E-state index contributed by atoms with van der Waals surface area (Å²) in [5, 5.41) is 9.76. The zero-order chi connectivity index (χ0) is 11.9. The molecule has 0 fully saturated rings. The zero-order valence-electron chi connectivity index (χ0n) is 9.71. The molecule has 1 N–H and O–H groups in total. The number of hydrogen-bond acceptors (Lipinski definition) is 4. The third-order valence-corrected chi connectivity index (χ3v) is 2.02. The number of esters is 1. The SMILES string of the molecule is C=C(C)C(=O)OC(O)(CCCCC)OC. The van der Waals surface area contributed by atoms with E-state index in [9.17, 15) is 9.90 Å². The predicted molar refractivity (Wildman–Crippen MR) is 57.0 cm³/mol. The van der Waals surface area contributed by atoms with Crippen molar-refractivity contribution in [3.63, 3.8) is 0 Å². The van der Waals surface area contributed by atoms with Gasteiger partial charge in [0.15, 0.2) is 0 Å². The molecule has 1 atom stereocenters. The van der Waals surface area contributed by atoms with Crippen molar-refractivity contribution in [2.45, 2.75) is 45.5 Å². The van der Waals surface area contributed by atoms with Gasteiger partial charge in [0.2, 0.25) is 0 Å². The molecule has 0 saturated heterocycles. The number of hydrogen-bond donors (Lipinski definition) is 1. The Morgan fingerprint density at radius 3 is 2.47 bits per heavy atom. The van der Waals surface area contributed by atoms with Crippen LogP contribution in [0.15, 0.2) is 12.2 Å². The van der Waals surface area contributed by atoms with Crippen molar-refractivity contribution >= 4 is 5.97 Å². The fourth-order valence-corrected chi connectivity index (χ4v) is 1.03. The van der Waals surface area contributed by atoms with Crippen molar-refractivity contribution in [1.82, 2.24) is 0 Å². The quantitative estimate of drug-likeness (QED) is 0.306. The number of carbonyl (C=O) groups is 1. The first-order valence-corrected chi connectivity index (χ1v) is 5.11. The molecule has 0 rings (SSSR count). The molecule has 4 nitrogen and oxygen atoms in total. The maximum atomic E-state index is 11.2. The molecule has 88 valence electrons. The molecule has 0 aliphatic carbocycles. The van der Waals surface area contributed by atoms with Gasteiger partial charge in [-0.05, 0) is 13.3 Å². The molecule has 0 radical (unpaired) electrons. The Morgan fingerprint density at radius 2 is 2.07 bits per heavy atom. The van der Waals surface area contributed by atoms with Crippen molar-refractivity contribution in [3.05, 3.63) is 12.2 Å². The summed E-state index contributed by atoms with van der Waals surface area (Å²) in [5.74, 6) is -2.46.